The summed E-state index contributed by atoms with van der Waals surface area (Å²) in [5, 5.41) is 25.4. The molecule has 1 aliphatic carbocycles. The summed E-state index contributed by atoms with van der Waals surface area (Å²) in [5.74, 6) is 1.88. The number of esters is 1. The number of terminal acetylenes is 1. The van der Waals surface area contributed by atoms with Crippen molar-refractivity contribution in [2.75, 3.05) is 12.3 Å². The summed E-state index contributed by atoms with van der Waals surface area (Å²) in [4.78, 5) is 35.6. The number of fused-ring (bicyclic) bond motifs is 1. The van der Waals surface area contributed by atoms with Gasteiger partial charge < -0.3 is 34.5 Å². The number of nitrogens with two attached hydrogens (primary N) is 1. The number of ether oxygens (including phenoxy) is 2. The molecule has 2 aromatic heterocycles. The molecule has 43 heavy (non-hydrogen) atoms. The van der Waals surface area contributed by atoms with Gasteiger partial charge in [0.15, 0.2) is 23.0 Å². The van der Waals surface area contributed by atoms with Gasteiger partial charge in [-0.2, -0.15) is 4.98 Å². The molecule has 0 spiro atoms. The second-order valence-corrected chi connectivity index (χ2v) is 13.6. The quantitative estimate of drug-likeness (QED) is 0.123. The Kier molecular flexibility index (Phi) is 9.19. The first kappa shape index (κ1) is 31.1. The molecule has 0 amide bonds. The standard InChI is InChI=1S/C27H33N6O8PS/c1-3-27(37)21(34)19(40-25(27)33-15-29-20-22(33)30-26(28)31-23(20)35)14-38-42(43,41-18-12-8-5-9-13-18)32-16(2)24(36)39-17-10-6-4-7-11-17/h1,5,8-9,12-13,15-17,19,21,25,34,37H,4,6-7,10-11,14H2,2H3,(H,32,43)(H3,28,30,31,35)/t16?,19?,21-,25?,27-,42?/m1/s1. The molecule has 230 valence electrons. The molecule has 2 fully saturated rings. The van der Waals surface area contributed by atoms with Crippen LogP contribution in [-0.2, 0) is 30.6 Å². The summed E-state index contributed by atoms with van der Waals surface area (Å²) < 4.78 is 24.9. The summed E-state index contributed by atoms with van der Waals surface area (Å²) in [7, 11) is 0. The normalized spacial score (nSPS) is 26.4. The van der Waals surface area contributed by atoms with Crippen LogP contribution in [0.2, 0.25) is 0 Å². The highest BCUT2D eigenvalue weighted by Crippen LogP contribution is 2.47. The Morgan fingerprint density at radius 3 is 2.79 bits per heavy atom. The Morgan fingerprint density at radius 2 is 2.09 bits per heavy atom. The molecule has 14 nitrogen and oxygen atoms in total. The number of nitrogens with zero attached hydrogens (tertiary/aromatic N) is 3. The monoisotopic (exact) mass is 632 g/mol. The summed E-state index contributed by atoms with van der Waals surface area (Å²) in [5.41, 5.74) is 2.72. The lowest BCUT2D eigenvalue weighted by atomic mass is 9.95. The average Bonchev–Trinajstić information content (AvgIpc) is 3.51. The van der Waals surface area contributed by atoms with Crippen molar-refractivity contribution in [3.63, 3.8) is 0 Å². The number of nitrogens with one attached hydrogen (secondary N) is 2. The number of carbonyl (C=O) groups excluding carboxylic acids is 1. The van der Waals surface area contributed by atoms with E-state index in [1.54, 1.807) is 37.3 Å². The molecular weight excluding hydrogens is 599 g/mol. The molecule has 1 saturated heterocycles. The number of aromatic amines is 1. The molecule has 4 unspecified atom stereocenters. The molecule has 3 aromatic rings. The van der Waals surface area contributed by atoms with Gasteiger partial charge in [-0.25, -0.2) is 10.1 Å². The van der Waals surface area contributed by atoms with E-state index in [0.29, 0.717) is 5.75 Å². The van der Waals surface area contributed by atoms with E-state index in [-0.39, 0.29) is 23.2 Å². The van der Waals surface area contributed by atoms with Crippen molar-refractivity contribution in [2.24, 2.45) is 0 Å². The maximum atomic E-state index is 12.9. The highest BCUT2D eigenvalue weighted by atomic mass is 32.5. The van der Waals surface area contributed by atoms with E-state index >= 15 is 0 Å². The lowest BCUT2D eigenvalue weighted by Crippen LogP contribution is -2.46. The van der Waals surface area contributed by atoms with Crippen LogP contribution in [0.5, 0.6) is 5.75 Å². The molecule has 0 bridgehead atoms. The first-order chi connectivity index (χ1) is 20.5. The number of para-hydroxylation sites is 1. The van der Waals surface area contributed by atoms with Crippen molar-refractivity contribution in [1.29, 1.82) is 0 Å². The van der Waals surface area contributed by atoms with Crippen molar-refractivity contribution in [3.8, 4) is 18.1 Å². The Bertz CT molecular complexity index is 1610. The molecule has 1 saturated carbocycles. The molecule has 1 aliphatic heterocycles. The number of carbonyl (C=O) groups is 1. The van der Waals surface area contributed by atoms with E-state index < -0.39 is 54.9 Å². The molecule has 1 aromatic carbocycles. The van der Waals surface area contributed by atoms with Gasteiger partial charge >= 0.3 is 12.6 Å². The average molecular weight is 633 g/mol. The topological polar surface area (TPSA) is 196 Å². The second kappa shape index (κ2) is 12.7. The van der Waals surface area contributed by atoms with Crippen LogP contribution in [0.25, 0.3) is 11.2 Å². The molecule has 2 aliphatic rings. The number of nitrogen functional groups attached to an aromatic ring is 1. The van der Waals surface area contributed by atoms with Gasteiger partial charge in [-0.15, -0.1) is 6.42 Å². The first-order valence-electron chi connectivity index (χ1n) is 13.8. The van der Waals surface area contributed by atoms with E-state index in [4.69, 9.17) is 42.5 Å². The van der Waals surface area contributed by atoms with Crippen molar-refractivity contribution in [3.05, 3.63) is 47.0 Å². The number of imidazole rings is 1. The number of hydrogen-bond donors (Lipinski definition) is 5. The lowest BCUT2D eigenvalue weighted by molar-refractivity contribution is -0.152. The molecule has 5 rings (SSSR count). The molecular formula is C27H33N6O8PS. The van der Waals surface area contributed by atoms with Crippen LogP contribution in [0.1, 0.15) is 45.3 Å². The molecule has 0 radical (unpaired) electrons. The van der Waals surface area contributed by atoms with Crippen molar-refractivity contribution >= 4 is 41.5 Å². The summed E-state index contributed by atoms with van der Waals surface area (Å²) in [6, 6.07) is 7.77. The van der Waals surface area contributed by atoms with Crippen LogP contribution in [0.15, 0.2) is 41.5 Å². The first-order valence-corrected chi connectivity index (χ1v) is 16.4. The van der Waals surface area contributed by atoms with Gasteiger partial charge in [0, 0.05) is 0 Å². The number of hydrogen-bond acceptors (Lipinski definition) is 12. The largest absolute Gasteiger partial charge is 0.461 e. The van der Waals surface area contributed by atoms with Gasteiger partial charge in [-0.05, 0) is 56.5 Å². The number of rotatable bonds is 10. The van der Waals surface area contributed by atoms with Crippen LogP contribution < -0.4 is 20.9 Å². The zero-order valence-corrected chi connectivity index (χ0v) is 25.0. The number of anilines is 1. The number of aromatic nitrogens is 4. The zero-order chi connectivity index (χ0) is 30.8. The number of benzene rings is 1. The van der Waals surface area contributed by atoms with E-state index in [0.717, 1.165) is 32.1 Å². The summed E-state index contributed by atoms with van der Waals surface area (Å²) in [6.45, 7) is -2.30. The second-order valence-electron chi connectivity index (χ2n) is 10.5. The number of H-pyrrole nitrogens is 1. The Balaban J connectivity index is 1.35. The maximum Gasteiger partial charge on any atom is 0.323 e. The van der Waals surface area contributed by atoms with Crippen molar-refractivity contribution in [1.82, 2.24) is 24.6 Å². The Morgan fingerprint density at radius 1 is 1.37 bits per heavy atom. The maximum absolute atomic E-state index is 12.9. The van der Waals surface area contributed by atoms with E-state index in [9.17, 15) is 19.8 Å². The van der Waals surface area contributed by atoms with E-state index in [1.807, 2.05) is 0 Å². The van der Waals surface area contributed by atoms with Crippen molar-refractivity contribution < 1.29 is 33.5 Å². The van der Waals surface area contributed by atoms with Crippen LogP contribution in [0.3, 0.4) is 0 Å². The predicted molar refractivity (Wildman–Crippen MR) is 159 cm³/mol. The highest BCUT2D eigenvalue weighted by molar-refractivity contribution is 8.09. The van der Waals surface area contributed by atoms with Gasteiger partial charge in [0.2, 0.25) is 5.95 Å². The van der Waals surface area contributed by atoms with Crippen LogP contribution in [0.4, 0.5) is 5.95 Å². The summed E-state index contributed by atoms with van der Waals surface area (Å²) in [6.07, 6.45) is 7.10. The molecule has 3 heterocycles. The van der Waals surface area contributed by atoms with Crippen molar-refractivity contribution in [2.45, 2.75) is 75.2 Å². The SMILES string of the molecule is C#C[C@]1(O)C(n2cnc3c(=O)[nH]c(N)nc32)OC(COP(=S)(NC(C)C(=O)OC2CCCCC2)Oc2ccccc2)[C@H]1O. The molecule has 16 heteroatoms. The highest BCUT2D eigenvalue weighted by Gasteiger charge is 2.56. The summed E-state index contributed by atoms with van der Waals surface area (Å²) >= 11 is 5.77. The van der Waals surface area contributed by atoms with E-state index in [1.165, 1.54) is 10.9 Å². The van der Waals surface area contributed by atoms with Gasteiger partial charge in [-0.1, -0.05) is 30.5 Å². The van der Waals surface area contributed by atoms with Gasteiger partial charge in [0.1, 0.15) is 30.1 Å². The van der Waals surface area contributed by atoms with Gasteiger partial charge in [0.05, 0.1) is 12.9 Å². The van der Waals surface area contributed by atoms with Gasteiger partial charge in [-0.3, -0.25) is 19.1 Å². The third-order valence-corrected chi connectivity index (χ3v) is 9.84. The fraction of sp³-hybridized carbons (Fsp3) is 0.481. The zero-order valence-electron chi connectivity index (χ0n) is 23.3. The smallest absolute Gasteiger partial charge is 0.323 e. The number of aliphatic hydroxyl groups excluding tert-OH is 1. The molecule has 6 N–H and O–H groups in total. The minimum Gasteiger partial charge on any atom is -0.461 e. The lowest BCUT2D eigenvalue weighted by Gasteiger charge is -2.29. The Labute approximate surface area is 252 Å². The van der Waals surface area contributed by atoms with Crippen LogP contribution in [0, 0.1) is 12.3 Å². The minimum absolute atomic E-state index is 0.0156. The fourth-order valence-electron chi connectivity index (χ4n) is 5.07. The third kappa shape index (κ3) is 6.61. The van der Waals surface area contributed by atoms with Crippen LogP contribution in [-0.4, -0.2) is 72.3 Å². The van der Waals surface area contributed by atoms with Crippen LogP contribution >= 0.6 is 6.64 Å². The van der Waals surface area contributed by atoms with Gasteiger partial charge in [0.25, 0.3) is 5.56 Å². The number of aliphatic hydroxyl groups is 2. The minimum atomic E-state index is -3.50. The Hall–Kier alpha value is -3.35. The predicted octanol–water partition coefficient (Wildman–Crippen LogP) is 1.50. The van der Waals surface area contributed by atoms with E-state index in [2.05, 4.69) is 26.0 Å². The molecule has 6 atom stereocenters. The fourth-order valence-corrected chi connectivity index (χ4v) is 7.49. The third-order valence-electron chi connectivity index (χ3n) is 7.34.